The molecule has 1 aliphatic heterocycles. The first-order chi connectivity index (χ1) is 13.7. The predicted octanol–water partition coefficient (Wildman–Crippen LogP) is 2.72. The Balaban J connectivity index is 1.32. The van der Waals surface area contributed by atoms with Crippen LogP contribution in [0.15, 0.2) is 43.2 Å². The predicted molar refractivity (Wildman–Crippen MR) is 105 cm³/mol. The molecule has 8 heteroatoms. The van der Waals surface area contributed by atoms with Gasteiger partial charge in [-0.3, -0.25) is 0 Å². The van der Waals surface area contributed by atoms with Crippen LogP contribution in [0.1, 0.15) is 25.3 Å². The van der Waals surface area contributed by atoms with E-state index >= 15 is 0 Å². The van der Waals surface area contributed by atoms with Crippen LogP contribution in [0, 0.1) is 12.8 Å². The van der Waals surface area contributed by atoms with E-state index in [0.29, 0.717) is 11.8 Å². The van der Waals surface area contributed by atoms with Gasteiger partial charge in [0.05, 0.1) is 30.5 Å². The molecule has 4 rings (SSSR count). The Morgan fingerprint density at radius 1 is 0.964 bits per heavy atom. The second-order valence-electron chi connectivity index (χ2n) is 7.08. The van der Waals surface area contributed by atoms with E-state index in [-0.39, 0.29) is 6.10 Å². The molecule has 1 saturated heterocycles. The fourth-order valence-electron chi connectivity index (χ4n) is 3.37. The molecule has 0 saturated carbocycles. The molecule has 28 heavy (non-hydrogen) atoms. The smallest absolute Gasteiger partial charge is 0.232 e. The maximum Gasteiger partial charge on any atom is 0.232 e. The summed E-state index contributed by atoms with van der Waals surface area (Å²) in [4.78, 5) is 19.9. The van der Waals surface area contributed by atoms with E-state index in [4.69, 9.17) is 4.74 Å². The lowest BCUT2D eigenvalue weighted by molar-refractivity contribution is 0.127. The molecule has 0 aromatic carbocycles. The van der Waals surface area contributed by atoms with Crippen LogP contribution in [0.2, 0.25) is 0 Å². The van der Waals surface area contributed by atoms with Crippen LogP contribution in [0.3, 0.4) is 0 Å². The number of anilines is 1. The second kappa shape index (κ2) is 8.24. The van der Waals surface area contributed by atoms with E-state index in [1.54, 1.807) is 24.8 Å². The Morgan fingerprint density at radius 3 is 2.39 bits per heavy atom. The maximum atomic E-state index is 6.05. The van der Waals surface area contributed by atoms with Gasteiger partial charge in [-0.25, -0.2) is 19.9 Å². The zero-order valence-corrected chi connectivity index (χ0v) is 16.1. The minimum atomic E-state index is 0.0730. The van der Waals surface area contributed by atoms with Crippen LogP contribution in [0.4, 0.5) is 5.95 Å². The van der Waals surface area contributed by atoms with E-state index in [2.05, 4.69) is 42.0 Å². The highest BCUT2D eigenvalue weighted by Crippen LogP contribution is 2.26. The van der Waals surface area contributed by atoms with Gasteiger partial charge in [0.1, 0.15) is 6.10 Å². The minimum Gasteiger partial charge on any atom is -0.473 e. The third-order valence-electron chi connectivity index (χ3n) is 5.07. The van der Waals surface area contributed by atoms with Crippen molar-refractivity contribution in [2.24, 2.45) is 5.92 Å². The van der Waals surface area contributed by atoms with Crippen molar-refractivity contribution >= 4 is 5.95 Å². The van der Waals surface area contributed by atoms with Crippen molar-refractivity contribution in [3.05, 3.63) is 48.8 Å². The molecule has 1 fully saturated rings. The first kappa shape index (κ1) is 18.2. The highest BCUT2D eigenvalue weighted by molar-refractivity contribution is 5.55. The first-order valence-electron chi connectivity index (χ1n) is 9.48. The van der Waals surface area contributed by atoms with Gasteiger partial charge < -0.3 is 9.64 Å². The Bertz CT molecular complexity index is 879. The molecule has 1 atom stereocenters. The van der Waals surface area contributed by atoms with Crippen molar-refractivity contribution in [2.75, 3.05) is 18.0 Å². The van der Waals surface area contributed by atoms with E-state index in [9.17, 15) is 0 Å². The van der Waals surface area contributed by atoms with Crippen LogP contribution in [-0.4, -0.2) is 49.3 Å². The zero-order chi connectivity index (χ0) is 19.3. The van der Waals surface area contributed by atoms with Gasteiger partial charge in [0, 0.05) is 31.0 Å². The van der Waals surface area contributed by atoms with Gasteiger partial charge in [0.2, 0.25) is 11.8 Å². The van der Waals surface area contributed by atoms with E-state index in [1.807, 2.05) is 25.4 Å². The first-order valence-corrected chi connectivity index (χ1v) is 9.48. The van der Waals surface area contributed by atoms with Gasteiger partial charge in [-0.05, 0) is 44.2 Å². The van der Waals surface area contributed by atoms with E-state index < -0.39 is 0 Å². The summed E-state index contributed by atoms with van der Waals surface area (Å²) in [5, 5.41) is 7.64. The molecule has 0 bridgehead atoms. The number of ether oxygens (including phenoxy) is 1. The van der Waals surface area contributed by atoms with Gasteiger partial charge in [0.15, 0.2) is 0 Å². The second-order valence-corrected chi connectivity index (χ2v) is 7.08. The molecule has 144 valence electrons. The summed E-state index contributed by atoms with van der Waals surface area (Å²) in [6.07, 6.45) is 12.5. The molecule has 1 unspecified atom stereocenters. The highest BCUT2D eigenvalue weighted by atomic mass is 16.5. The Labute approximate surface area is 164 Å². The third-order valence-corrected chi connectivity index (χ3v) is 5.07. The summed E-state index contributed by atoms with van der Waals surface area (Å²) >= 11 is 0. The van der Waals surface area contributed by atoms with Crippen LogP contribution in [0.5, 0.6) is 5.88 Å². The van der Waals surface area contributed by atoms with E-state index in [1.165, 1.54) is 0 Å². The molecule has 8 nitrogen and oxygen atoms in total. The summed E-state index contributed by atoms with van der Waals surface area (Å²) in [6, 6.07) is 1.85. The molecule has 0 amide bonds. The number of piperidine rings is 1. The molecular weight excluding hydrogens is 354 g/mol. The quantitative estimate of drug-likeness (QED) is 0.670. The lowest BCUT2D eigenvalue weighted by Gasteiger charge is -2.34. The van der Waals surface area contributed by atoms with Crippen molar-refractivity contribution in [2.45, 2.75) is 32.8 Å². The SMILES string of the molecule is Cc1cnc(N2CCC(C(C)Oc3cnc(-c4ccnnc4)cn3)CC2)nc1. The number of rotatable bonds is 5. The number of hydrogen-bond acceptors (Lipinski definition) is 8. The monoisotopic (exact) mass is 377 g/mol. The average Bonchev–Trinajstić information content (AvgIpc) is 2.75. The van der Waals surface area contributed by atoms with Gasteiger partial charge in [-0.15, -0.1) is 0 Å². The molecule has 3 aromatic rings. The van der Waals surface area contributed by atoms with Crippen LogP contribution in [0.25, 0.3) is 11.3 Å². The number of hydrogen-bond donors (Lipinski definition) is 0. The van der Waals surface area contributed by atoms with Gasteiger partial charge >= 0.3 is 0 Å². The Kier molecular flexibility index (Phi) is 5.36. The van der Waals surface area contributed by atoms with Gasteiger partial charge in [-0.1, -0.05) is 0 Å². The average molecular weight is 377 g/mol. The minimum absolute atomic E-state index is 0.0730. The largest absolute Gasteiger partial charge is 0.473 e. The summed E-state index contributed by atoms with van der Waals surface area (Å²) in [6.45, 7) is 5.96. The van der Waals surface area contributed by atoms with Crippen molar-refractivity contribution in [1.82, 2.24) is 30.1 Å². The molecule has 0 N–H and O–H groups in total. The molecular formula is C20H23N7O. The lowest BCUT2D eigenvalue weighted by atomic mass is 9.92. The van der Waals surface area contributed by atoms with Crippen LogP contribution < -0.4 is 9.64 Å². The summed E-state index contributed by atoms with van der Waals surface area (Å²) in [7, 11) is 0. The van der Waals surface area contributed by atoms with E-state index in [0.717, 1.165) is 48.7 Å². The molecule has 3 aromatic heterocycles. The topological polar surface area (TPSA) is 89.8 Å². The van der Waals surface area contributed by atoms with Gasteiger partial charge in [-0.2, -0.15) is 10.2 Å². The standard InChI is InChI=1S/C20H23N7O/c1-14-9-23-20(24-10-14)27-7-4-16(5-8-27)15(2)28-19-13-21-18(12-22-19)17-3-6-25-26-11-17/h3,6,9-13,15-16H,4-5,7-8H2,1-2H3. The Morgan fingerprint density at radius 2 is 1.75 bits per heavy atom. The van der Waals surface area contributed by atoms with Crippen molar-refractivity contribution in [3.8, 4) is 17.1 Å². The fraction of sp³-hybridized carbons (Fsp3) is 0.400. The fourth-order valence-corrected chi connectivity index (χ4v) is 3.37. The third kappa shape index (κ3) is 4.21. The maximum absolute atomic E-state index is 6.05. The molecule has 0 radical (unpaired) electrons. The molecule has 4 heterocycles. The van der Waals surface area contributed by atoms with Crippen LogP contribution in [-0.2, 0) is 0 Å². The van der Waals surface area contributed by atoms with Gasteiger partial charge in [0.25, 0.3) is 0 Å². The van der Waals surface area contributed by atoms with Crippen molar-refractivity contribution in [1.29, 1.82) is 0 Å². The molecule has 0 spiro atoms. The summed E-state index contributed by atoms with van der Waals surface area (Å²) in [5.41, 5.74) is 2.71. The number of aryl methyl sites for hydroxylation is 1. The number of nitrogens with zero attached hydrogens (tertiary/aromatic N) is 7. The van der Waals surface area contributed by atoms with Crippen molar-refractivity contribution in [3.63, 3.8) is 0 Å². The summed E-state index contributed by atoms with van der Waals surface area (Å²) in [5.74, 6) is 1.82. The van der Waals surface area contributed by atoms with Crippen LogP contribution >= 0.6 is 0 Å². The lowest BCUT2D eigenvalue weighted by Crippen LogP contribution is -2.39. The number of aromatic nitrogens is 6. The normalized spacial score (nSPS) is 16.0. The van der Waals surface area contributed by atoms with Crippen molar-refractivity contribution < 1.29 is 4.74 Å². The summed E-state index contributed by atoms with van der Waals surface area (Å²) < 4.78 is 6.05. The molecule has 1 aliphatic rings. The Hall–Kier alpha value is -3.16. The highest BCUT2D eigenvalue weighted by Gasteiger charge is 2.26. The molecule has 0 aliphatic carbocycles. The zero-order valence-electron chi connectivity index (χ0n) is 16.1.